The molecule has 0 fully saturated rings. The summed E-state index contributed by atoms with van der Waals surface area (Å²) in [4.78, 5) is 10.2. The average molecular weight is 194 g/mol. The maximum atomic E-state index is 10.2. The first-order chi connectivity index (χ1) is 6.58. The van der Waals surface area contributed by atoms with Crippen molar-refractivity contribution < 1.29 is 14.6 Å². The molecule has 1 aromatic carbocycles. The molecule has 0 spiro atoms. The summed E-state index contributed by atoms with van der Waals surface area (Å²) in [5, 5.41) is 8.42. The number of rotatable bonds is 4. The zero-order valence-corrected chi connectivity index (χ0v) is 8.41. The van der Waals surface area contributed by atoms with E-state index in [0.29, 0.717) is 0 Å². The highest BCUT2D eigenvalue weighted by Crippen LogP contribution is 2.16. The van der Waals surface area contributed by atoms with E-state index in [1.165, 1.54) is 0 Å². The van der Waals surface area contributed by atoms with E-state index in [-0.39, 0.29) is 13.0 Å². The fourth-order valence-corrected chi connectivity index (χ4v) is 1.27. The molecule has 14 heavy (non-hydrogen) atoms. The molecule has 76 valence electrons. The van der Waals surface area contributed by atoms with Crippen molar-refractivity contribution in [3.05, 3.63) is 29.3 Å². The molecule has 1 aromatic rings. The van der Waals surface area contributed by atoms with Gasteiger partial charge in [-0.1, -0.05) is 6.07 Å². The van der Waals surface area contributed by atoms with Crippen molar-refractivity contribution in [2.75, 3.05) is 6.61 Å². The summed E-state index contributed by atoms with van der Waals surface area (Å²) in [6.07, 6.45) is 0.0347. The number of hydrogen-bond acceptors (Lipinski definition) is 2. The molecule has 0 atom stereocenters. The van der Waals surface area contributed by atoms with Crippen LogP contribution in [0.5, 0.6) is 5.75 Å². The Morgan fingerprint density at radius 1 is 1.29 bits per heavy atom. The third kappa shape index (κ3) is 3.47. The van der Waals surface area contributed by atoms with Gasteiger partial charge in [-0.2, -0.15) is 0 Å². The molecule has 0 heterocycles. The summed E-state index contributed by atoms with van der Waals surface area (Å²) in [7, 11) is 0. The molecule has 0 unspecified atom stereocenters. The second-order valence-corrected chi connectivity index (χ2v) is 3.32. The molecule has 0 saturated heterocycles. The normalized spacial score (nSPS) is 9.86. The number of aryl methyl sites for hydroxylation is 2. The Kier molecular flexibility index (Phi) is 3.51. The minimum Gasteiger partial charge on any atom is -0.493 e. The van der Waals surface area contributed by atoms with Gasteiger partial charge in [0.2, 0.25) is 0 Å². The van der Waals surface area contributed by atoms with Gasteiger partial charge in [0.15, 0.2) is 0 Å². The molecular weight excluding hydrogens is 180 g/mol. The molecule has 3 heteroatoms. The fraction of sp³-hybridized carbons (Fsp3) is 0.364. The maximum Gasteiger partial charge on any atom is 0.306 e. The number of carbonyl (C=O) groups is 1. The fourth-order valence-electron chi connectivity index (χ4n) is 1.27. The van der Waals surface area contributed by atoms with Crippen LogP contribution in [0.25, 0.3) is 0 Å². The highest BCUT2D eigenvalue weighted by atomic mass is 16.5. The maximum absolute atomic E-state index is 10.2. The van der Waals surface area contributed by atoms with E-state index in [0.717, 1.165) is 16.9 Å². The quantitative estimate of drug-likeness (QED) is 0.798. The molecule has 0 radical (unpaired) electrons. The van der Waals surface area contributed by atoms with Crippen LogP contribution in [0.1, 0.15) is 17.5 Å². The zero-order chi connectivity index (χ0) is 10.6. The lowest BCUT2D eigenvalue weighted by Gasteiger charge is -2.06. The molecule has 0 aliphatic rings. The summed E-state index contributed by atoms with van der Waals surface area (Å²) in [6, 6.07) is 5.84. The van der Waals surface area contributed by atoms with Crippen molar-refractivity contribution in [2.45, 2.75) is 20.3 Å². The number of carboxylic acid groups (broad SMARTS) is 1. The van der Waals surface area contributed by atoms with Crippen LogP contribution in [0.2, 0.25) is 0 Å². The largest absolute Gasteiger partial charge is 0.493 e. The lowest BCUT2D eigenvalue weighted by atomic mass is 10.1. The van der Waals surface area contributed by atoms with Crippen LogP contribution in [0.4, 0.5) is 0 Å². The second-order valence-electron chi connectivity index (χ2n) is 3.32. The van der Waals surface area contributed by atoms with Crippen molar-refractivity contribution >= 4 is 5.97 Å². The molecule has 0 bridgehead atoms. The van der Waals surface area contributed by atoms with E-state index in [9.17, 15) is 4.79 Å². The van der Waals surface area contributed by atoms with Crippen LogP contribution in [0, 0.1) is 13.8 Å². The monoisotopic (exact) mass is 194 g/mol. The SMILES string of the molecule is Cc1cc(C)cc(OCCC(=O)O)c1. The Balaban J connectivity index is 2.54. The van der Waals surface area contributed by atoms with Crippen molar-refractivity contribution in [2.24, 2.45) is 0 Å². The zero-order valence-electron chi connectivity index (χ0n) is 8.41. The van der Waals surface area contributed by atoms with Gasteiger partial charge in [0, 0.05) is 0 Å². The Hall–Kier alpha value is -1.51. The van der Waals surface area contributed by atoms with Gasteiger partial charge in [-0.3, -0.25) is 4.79 Å². The van der Waals surface area contributed by atoms with Gasteiger partial charge in [0.05, 0.1) is 13.0 Å². The van der Waals surface area contributed by atoms with Gasteiger partial charge in [-0.25, -0.2) is 0 Å². The summed E-state index contributed by atoms with van der Waals surface area (Å²) >= 11 is 0. The van der Waals surface area contributed by atoms with Crippen LogP contribution in [-0.2, 0) is 4.79 Å². The summed E-state index contributed by atoms with van der Waals surface area (Å²) in [5.74, 6) is -0.0990. The van der Waals surface area contributed by atoms with Crippen molar-refractivity contribution in [3.63, 3.8) is 0 Å². The lowest BCUT2D eigenvalue weighted by molar-refractivity contribution is -0.137. The van der Waals surface area contributed by atoms with E-state index in [2.05, 4.69) is 0 Å². The molecule has 0 aliphatic carbocycles. The van der Waals surface area contributed by atoms with Gasteiger partial charge >= 0.3 is 5.97 Å². The first-order valence-electron chi connectivity index (χ1n) is 4.51. The minimum absolute atomic E-state index is 0.0347. The molecule has 3 nitrogen and oxygen atoms in total. The molecule has 0 amide bonds. The van der Waals surface area contributed by atoms with Crippen LogP contribution in [-0.4, -0.2) is 17.7 Å². The average Bonchev–Trinajstić information content (AvgIpc) is 2.01. The van der Waals surface area contributed by atoms with Gasteiger partial charge in [0.1, 0.15) is 5.75 Å². The standard InChI is InChI=1S/C11H14O3/c1-8-5-9(2)7-10(6-8)14-4-3-11(12)13/h5-7H,3-4H2,1-2H3,(H,12,13). The highest BCUT2D eigenvalue weighted by molar-refractivity contribution is 5.66. The molecule has 1 N–H and O–H groups in total. The Labute approximate surface area is 83.3 Å². The molecule has 0 aliphatic heterocycles. The number of benzene rings is 1. The first-order valence-corrected chi connectivity index (χ1v) is 4.51. The van der Waals surface area contributed by atoms with Gasteiger partial charge in [-0.15, -0.1) is 0 Å². The molecule has 0 saturated carbocycles. The summed E-state index contributed by atoms with van der Waals surface area (Å²) in [5.41, 5.74) is 2.24. The summed E-state index contributed by atoms with van der Waals surface area (Å²) in [6.45, 7) is 4.19. The van der Waals surface area contributed by atoms with E-state index in [1.54, 1.807) is 0 Å². The number of carboxylic acids is 1. The number of hydrogen-bond donors (Lipinski definition) is 1. The Bertz CT molecular complexity index is 311. The van der Waals surface area contributed by atoms with Crippen molar-refractivity contribution in [3.8, 4) is 5.75 Å². The predicted molar refractivity (Wildman–Crippen MR) is 53.7 cm³/mol. The van der Waals surface area contributed by atoms with E-state index in [1.807, 2.05) is 32.0 Å². The van der Waals surface area contributed by atoms with Gasteiger partial charge in [-0.05, 0) is 37.1 Å². The molecular formula is C11H14O3. The van der Waals surface area contributed by atoms with E-state index >= 15 is 0 Å². The van der Waals surface area contributed by atoms with Crippen LogP contribution >= 0.6 is 0 Å². The first kappa shape index (κ1) is 10.6. The van der Waals surface area contributed by atoms with Crippen LogP contribution in [0.3, 0.4) is 0 Å². The van der Waals surface area contributed by atoms with Crippen LogP contribution < -0.4 is 4.74 Å². The highest BCUT2D eigenvalue weighted by Gasteiger charge is 1.99. The topological polar surface area (TPSA) is 46.5 Å². The molecule has 0 aromatic heterocycles. The Morgan fingerprint density at radius 2 is 1.86 bits per heavy atom. The van der Waals surface area contributed by atoms with Crippen LogP contribution in [0.15, 0.2) is 18.2 Å². The van der Waals surface area contributed by atoms with Crippen molar-refractivity contribution in [1.82, 2.24) is 0 Å². The van der Waals surface area contributed by atoms with Gasteiger partial charge in [0.25, 0.3) is 0 Å². The third-order valence-electron chi connectivity index (χ3n) is 1.78. The van der Waals surface area contributed by atoms with E-state index in [4.69, 9.17) is 9.84 Å². The predicted octanol–water partition coefficient (Wildman–Crippen LogP) is 2.16. The number of aliphatic carboxylic acids is 1. The molecule has 1 rings (SSSR count). The number of ether oxygens (including phenoxy) is 1. The third-order valence-corrected chi connectivity index (χ3v) is 1.78. The Morgan fingerprint density at radius 3 is 2.36 bits per heavy atom. The van der Waals surface area contributed by atoms with E-state index < -0.39 is 5.97 Å². The smallest absolute Gasteiger partial charge is 0.306 e. The van der Waals surface area contributed by atoms with Gasteiger partial charge < -0.3 is 9.84 Å². The summed E-state index contributed by atoms with van der Waals surface area (Å²) < 4.78 is 5.30. The second kappa shape index (κ2) is 4.65. The minimum atomic E-state index is -0.839. The van der Waals surface area contributed by atoms with Crippen molar-refractivity contribution in [1.29, 1.82) is 0 Å². The lowest BCUT2D eigenvalue weighted by Crippen LogP contribution is -2.04.